The number of hydrogen-bond acceptors (Lipinski definition) is 4. The minimum atomic E-state index is -0.465. The van der Waals surface area contributed by atoms with Gasteiger partial charge in [0.15, 0.2) is 11.5 Å². The SMILES string of the molecule is COc1c(OC2CCCOC2)cccc1C(C)(C)N. The van der Waals surface area contributed by atoms with Gasteiger partial charge in [-0.05, 0) is 32.8 Å². The smallest absolute Gasteiger partial charge is 0.165 e. The second kappa shape index (κ2) is 5.80. The molecule has 1 unspecified atom stereocenters. The first kappa shape index (κ1) is 14.2. The Hall–Kier alpha value is -1.26. The highest BCUT2D eigenvalue weighted by Gasteiger charge is 2.24. The van der Waals surface area contributed by atoms with Crippen LogP contribution in [-0.4, -0.2) is 26.4 Å². The van der Waals surface area contributed by atoms with Gasteiger partial charge in [0, 0.05) is 17.7 Å². The maximum absolute atomic E-state index is 6.17. The highest BCUT2D eigenvalue weighted by molar-refractivity contribution is 5.49. The lowest BCUT2D eigenvalue weighted by molar-refractivity contribution is 0.00634. The molecule has 0 amide bonds. The van der Waals surface area contributed by atoms with Crippen molar-refractivity contribution in [1.29, 1.82) is 0 Å². The Morgan fingerprint density at radius 2 is 2.16 bits per heavy atom. The normalized spacial score (nSPS) is 20.1. The summed E-state index contributed by atoms with van der Waals surface area (Å²) < 4.78 is 16.9. The van der Waals surface area contributed by atoms with Crippen molar-refractivity contribution in [2.75, 3.05) is 20.3 Å². The molecule has 0 saturated carbocycles. The van der Waals surface area contributed by atoms with Crippen molar-refractivity contribution in [3.05, 3.63) is 23.8 Å². The molecule has 1 atom stereocenters. The summed E-state index contributed by atoms with van der Waals surface area (Å²) in [7, 11) is 1.65. The summed E-state index contributed by atoms with van der Waals surface area (Å²) in [5.74, 6) is 1.47. The first-order valence-electron chi connectivity index (χ1n) is 6.73. The third-order valence-corrected chi connectivity index (χ3v) is 3.29. The summed E-state index contributed by atoms with van der Waals surface area (Å²) in [4.78, 5) is 0. The number of methoxy groups -OCH3 is 1. The molecular formula is C15H23NO3. The standard InChI is InChI=1S/C15H23NO3/c1-15(2,16)12-7-4-8-13(14(12)17-3)19-11-6-5-9-18-10-11/h4,7-8,11H,5-6,9-10,16H2,1-3H3. The zero-order chi connectivity index (χ0) is 13.9. The molecule has 1 fully saturated rings. The van der Waals surface area contributed by atoms with Crippen molar-refractivity contribution < 1.29 is 14.2 Å². The third kappa shape index (κ3) is 3.39. The van der Waals surface area contributed by atoms with Crippen LogP contribution < -0.4 is 15.2 Å². The maximum atomic E-state index is 6.17. The summed E-state index contributed by atoms with van der Waals surface area (Å²) >= 11 is 0. The van der Waals surface area contributed by atoms with Gasteiger partial charge in [0.1, 0.15) is 6.10 Å². The van der Waals surface area contributed by atoms with Gasteiger partial charge in [0.05, 0.1) is 13.7 Å². The van der Waals surface area contributed by atoms with Gasteiger partial charge in [-0.3, -0.25) is 0 Å². The Kier molecular flexibility index (Phi) is 4.32. The summed E-state index contributed by atoms with van der Waals surface area (Å²) in [6.07, 6.45) is 2.15. The molecule has 2 rings (SSSR count). The fourth-order valence-corrected chi connectivity index (χ4v) is 2.31. The molecule has 106 valence electrons. The number of para-hydroxylation sites is 1. The fraction of sp³-hybridized carbons (Fsp3) is 0.600. The number of ether oxygens (including phenoxy) is 3. The lowest BCUT2D eigenvalue weighted by Crippen LogP contribution is -2.30. The summed E-state index contributed by atoms with van der Waals surface area (Å²) in [6.45, 7) is 5.38. The van der Waals surface area contributed by atoms with Crippen LogP contribution in [0.25, 0.3) is 0 Å². The molecule has 4 heteroatoms. The summed E-state index contributed by atoms with van der Waals surface area (Å²) in [5.41, 5.74) is 6.66. The van der Waals surface area contributed by atoms with Crippen LogP contribution >= 0.6 is 0 Å². The summed E-state index contributed by atoms with van der Waals surface area (Å²) in [6, 6.07) is 5.84. The first-order chi connectivity index (χ1) is 9.02. The van der Waals surface area contributed by atoms with Crippen LogP contribution in [0.3, 0.4) is 0 Å². The lowest BCUT2D eigenvalue weighted by Gasteiger charge is -2.27. The molecule has 1 aromatic carbocycles. The van der Waals surface area contributed by atoms with Crippen molar-refractivity contribution in [3.63, 3.8) is 0 Å². The van der Waals surface area contributed by atoms with E-state index in [-0.39, 0.29) is 6.10 Å². The molecular weight excluding hydrogens is 242 g/mol. The Morgan fingerprint density at radius 1 is 1.37 bits per heavy atom. The van der Waals surface area contributed by atoms with Crippen molar-refractivity contribution in [2.45, 2.75) is 38.3 Å². The van der Waals surface area contributed by atoms with Crippen LogP contribution in [0, 0.1) is 0 Å². The second-order valence-corrected chi connectivity index (χ2v) is 5.52. The molecule has 0 radical (unpaired) electrons. The predicted octanol–water partition coefficient (Wildman–Crippen LogP) is 2.45. The average molecular weight is 265 g/mol. The minimum absolute atomic E-state index is 0.0961. The Bertz CT molecular complexity index is 420. The van der Waals surface area contributed by atoms with Crippen molar-refractivity contribution in [3.8, 4) is 11.5 Å². The van der Waals surface area contributed by atoms with Crippen LogP contribution in [0.5, 0.6) is 11.5 Å². The van der Waals surface area contributed by atoms with Crippen LogP contribution in [0.2, 0.25) is 0 Å². The van der Waals surface area contributed by atoms with Crippen LogP contribution in [0.4, 0.5) is 0 Å². The monoisotopic (exact) mass is 265 g/mol. The molecule has 1 aliphatic rings. The molecule has 4 nitrogen and oxygen atoms in total. The van der Waals surface area contributed by atoms with E-state index in [0.29, 0.717) is 6.61 Å². The molecule has 0 aliphatic carbocycles. The van der Waals surface area contributed by atoms with Crippen LogP contribution in [0.1, 0.15) is 32.3 Å². The third-order valence-electron chi connectivity index (χ3n) is 3.29. The quantitative estimate of drug-likeness (QED) is 0.908. The van der Waals surface area contributed by atoms with Gasteiger partial charge in [-0.1, -0.05) is 12.1 Å². The molecule has 0 aromatic heterocycles. The lowest BCUT2D eigenvalue weighted by atomic mass is 9.94. The maximum Gasteiger partial charge on any atom is 0.165 e. The summed E-state index contributed by atoms with van der Waals surface area (Å²) in [5, 5.41) is 0. The largest absolute Gasteiger partial charge is 0.493 e. The number of rotatable bonds is 4. The van der Waals surface area contributed by atoms with Gasteiger partial charge in [0.2, 0.25) is 0 Å². The van der Waals surface area contributed by atoms with E-state index >= 15 is 0 Å². The molecule has 2 N–H and O–H groups in total. The van der Waals surface area contributed by atoms with E-state index in [1.165, 1.54) is 0 Å². The molecule has 0 spiro atoms. The van der Waals surface area contributed by atoms with E-state index < -0.39 is 5.54 Å². The molecule has 0 bridgehead atoms. The first-order valence-corrected chi connectivity index (χ1v) is 6.73. The second-order valence-electron chi connectivity index (χ2n) is 5.52. The molecule has 1 heterocycles. The topological polar surface area (TPSA) is 53.7 Å². The predicted molar refractivity (Wildman–Crippen MR) is 74.7 cm³/mol. The van der Waals surface area contributed by atoms with E-state index in [9.17, 15) is 0 Å². The number of benzene rings is 1. The number of hydrogen-bond donors (Lipinski definition) is 1. The molecule has 1 saturated heterocycles. The van der Waals surface area contributed by atoms with Crippen molar-refractivity contribution in [1.82, 2.24) is 0 Å². The zero-order valence-corrected chi connectivity index (χ0v) is 11.9. The van der Waals surface area contributed by atoms with Crippen LogP contribution in [-0.2, 0) is 10.3 Å². The van der Waals surface area contributed by atoms with Gasteiger partial charge < -0.3 is 19.9 Å². The van der Waals surface area contributed by atoms with Crippen LogP contribution in [0.15, 0.2) is 18.2 Å². The Balaban J connectivity index is 2.24. The fourth-order valence-electron chi connectivity index (χ4n) is 2.31. The molecule has 1 aliphatic heterocycles. The van der Waals surface area contributed by atoms with Gasteiger partial charge in [-0.2, -0.15) is 0 Å². The highest BCUT2D eigenvalue weighted by Crippen LogP contribution is 2.37. The molecule has 1 aromatic rings. The molecule has 19 heavy (non-hydrogen) atoms. The number of nitrogens with two attached hydrogens (primary N) is 1. The van der Waals surface area contributed by atoms with Crippen molar-refractivity contribution in [2.24, 2.45) is 5.73 Å². The Morgan fingerprint density at radius 3 is 2.74 bits per heavy atom. The zero-order valence-electron chi connectivity index (χ0n) is 11.9. The van der Waals surface area contributed by atoms with Gasteiger partial charge in [0.25, 0.3) is 0 Å². The van der Waals surface area contributed by atoms with Crippen molar-refractivity contribution >= 4 is 0 Å². The van der Waals surface area contributed by atoms with Gasteiger partial charge in [-0.25, -0.2) is 0 Å². The highest BCUT2D eigenvalue weighted by atomic mass is 16.5. The van der Waals surface area contributed by atoms with E-state index in [2.05, 4.69) is 0 Å². The van der Waals surface area contributed by atoms with E-state index in [0.717, 1.165) is 36.5 Å². The van der Waals surface area contributed by atoms with E-state index in [1.807, 2.05) is 32.0 Å². The Labute approximate surface area is 114 Å². The van der Waals surface area contributed by atoms with Gasteiger partial charge in [-0.15, -0.1) is 0 Å². The average Bonchev–Trinajstić information content (AvgIpc) is 2.38. The van der Waals surface area contributed by atoms with Gasteiger partial charge >= 0.3 is 0 Å². The minimum Gasteiger partial charge on any atom is -0.493 e. The van der Waals surface area contributed by atoms with E-state index in [4.69, 9.17) is 19.9 Å². The van der Waals surface area contributed by atoms with E-state index in [1.54, 1.807) is 7.11 Å².